The highest BCUT2D eigenvalue weighted by atomic mass is 16.5. The zero-order valence-electron chi connectivity index (χ0n) is 13.1. The van der Waals surface area contributed by atoms with Crippen LogP contribution in [-0.4, -0.2) is 59.4 Å². The molecule has 1 amide bonds. The van der Waals surface area contributed by atoms with E-state index in [0.717, 1.165) is 23.4 Å². The summed E-state index contributed by atoms with van der Waals surface area (Å²) in [7, 11) is 0. The monoisotopic (exact) mass is 312 g/mol. The number of rotatable bonds is 2. The molecule has 120 valence electrons. The number of likely N-dealkylation sites (tertiary alicyclic amines) is 1. The number of aromatic nitrogens is 2. The summed E-state index contributed by atoms with van der Waals surface area (Å²) < 4.78 is 5.74. The quantitative estimate of drug-likeness (QED) is 0.874. The second kappa shape index (κ2) is 5.79. The fraction of sp³-hybridized carbons (Fsp3) is 0.412. The minimum Gasteiger partial charge on any atom is -0.373 e. The minimum atomic E-state index is -0.00280. The predicted octanol–water partition coefficient (Wildman–Crippen LogP) is 1.20. The number of amides is 1. The first-order chi connectivity index (χ1) is 11.2. The molecule has 0 unspecified atom stereocenters. The number of H-pyrrole nitrogens is 1. The number of fused-ring (bicyclic) bond motifs is 1. The Bertz CT molecular complexity index is 699. The Kier molecular flexibility index (Phi) is 3.63. The van der Waals surface area contributed by atoms with Gasteiger partial charge in [0.2, 0.25) is 0 Å². The van der Waals surface area contributed by atoms with Crippen LogP contribution in [0, 0.1) is 6.92 Å². The van der Waals surface area contributed by atoms with Crippen LogP contribution in [0.2, 0.25) is 0 Å². The average Bonchev–Trinajstić information content (AvgIpc) is 3.18. The van der Waals surface area contributed by atoms with Crippen molar-refractivity contribution in [1.82, 2.24) is 20.4 Å². The van der Waals surface area contributed by atoms with Gasteiger partial charge in [-0.05, 0) is 6.92 Å². The van der Waals surface area contributed by atoms with Gasteiger partial charge in [-0.25, -0.2) is 0 Å². The molecule has 2 saturated heterocycles. The first kappa shape index (κ1) is 14.4. The van der Waals surface area contributed by atoms with Gasteiger partial charge in [0.25, 0.3) is 5.91 Å². The lowest BCUT2D eigenvalue weighted by Gasteiger charge is -2.25. The Morgan fingerprint density at radius 2 is 2.13 bits per heavy atom. The molecule has 1 aromatic carbocycles. The van der Waals surface area contributed by atoms with E-state index in [1.807, 2.05) is 42.2 Å². The molecule has 4 rings (SSSR count). The van der Waals surface area contributed by atoms with E-state index in [4.69, 9.17) is 4.74 Å². The molecule has 3 heterocycles. The van der Waals surface area contributed by atoms with Gasteiger partial charge >= 0.3 is 0 Å². The van der Waals surface area contributed by atoms with Crippen LogP contribution in [-0.2, 0) is 4.74 Å². The van der Waals surface area contributed by atoms with E-state index in [-0.39, 0.29) is 18.1 Å². The van der Waals surface area contributed by atoms with E-state index in [0.29, 0.717) is 25.4 Å². The number of nitrogens with one attached hydrogen (secondary N) is 2. The van der Waals surface area contributed by atoms with Crippen molar-refractivity contribution in [3.05, 3.63) is 41.6 Å². The molecule has 0 bridgehead atoms. The van der Waals surface area contributed by atoms with Gasteiger partial charge in [0, 0.05) is 30.8 Å². The number of hydrogen-bond acceptors (Lipinski definition) is 4. The molecule has 1 aromatic heterocycles. The van der Waals surface area contributed by atoms with Crippen LogP contribution < -0.4 is 5.32 Å². The predicted molar refractivity (Wildman–Crippen MR) is 86.2 cm³/mol. The van der Waals surface area contributed by atoms with Crippen LogP contribution in [0.15, 0.2) is 30.3 Å². The fourth-order valence-electron chi connectivity index (χ4n) is 3.40. The number of ether oxygens (including phenoxy) is 1. The van der Waals surface area contributed by atoms with E-state index in [1.165, 1.54) is 0 Å². The molecule has 2 aliphatic heterocycles. The molecule has 2 atom stereocenters. The van der Waals surface area contributed by atoms with Crippen molar-refractivity contribution >= 4 is 5.91 Å². The second-order valence-electron chi connectivity index (χ2n) is 6.12. The van der Waals surface area contributed by atoms with E-state index in [9.17, 15) is 4.79 Å². The van der Waals surface area contributed by atoms with Crippen LogP contribution in [0.5, 0.6) is 0 Å². The Labute approximate surface area is 134 Å². The molecule has 2 N–H and O–H groups in total. The third-order valence-electron chi connectivity index (χ3n) is 4.66. The molecule has 6 heteroatoms. The number of hydrogen-bond donors (Lipinski definition) is 2. The van der Waals surface area contributed by atoms with Crippen LogP contribution in [0.1, 0.15) is 16.1 Å². The largest absolute Gasteiger partial charge is 0.373 e. The third-order valence-corrected chi connectivity index (χ3v) is 4.66. The molecular weight excluding hydrogens is 292 g/mol. The summed E-state index contributed by atoms with van der Waals surface area (Å²) in [5, 5.41) is 10.7. The first-order valence-electron chi connectivity index (χ1n) is 7.98. The summed E-state index contributed by atoms with van der Waals surface area (Å²) in [5.41, 5.74) is 3.31. The van der Waals surface area contributed by atoms with Crippen LogP contribution in [0.25, 0.3) is 11.3 Å². The highest BCUT2D eigenvalue weighted by Crippen LogP contribution is 2.25. The molecule has 2 aliphatic rings. The van der Waals surface area contributed by atoms with Gasteiger partial charge in [0.15, 0.2) is 0 Å². The maximum atomic E-state index is 12.8. The lowest BCUT2D eigenvalue weighted by atomic mass is 10.1. The lowest BCUT2D eigenvalue weighted by molar-refractivity contribution is 0.0176. The van der Waals surface area contributed by atoms with Crippen molar-refractivity contribution < 1.29 is 9.53 Å². The van der Waals surface area contributed by atoms with Gasteiger partial charge in [-0.2, -0.15) is 5.10 Å². The molecule has 0 saturated carbocycles. The SMILES string of the molecule is Cc1c(-c2ccccc2)n[nH]c1C(=O)N1C[C@@H]2NCCO[C@H]2C1. The van der Waals surface area contributed by atoms with E-state index < -0.39 is 0 Å². The van der Waals surface area contributed by atoms with Crippen molar-refractivity contribution in [3.8, 4) is 11.3 Å². The average molecular weight is 312 g/mol. The summed E-state index contributed by atoms with van der Waals surface area (Å²) in [6, 6.07) is 10.2. The fourth-order valence-corrected chi connectivity index (χ4v) is 3.40. The lowest BCUT2D eigenvalue weighted by Crippen LogP contribution is -2.47. The Hall–Kier alpha value is -2.18. The van der Waals surface area contributed by atoms with Gasteiger partial charge in [-0.15, -0.1) is 0 Å². The molecule has 2 fully saturated rings. The Morgan fingerprint density at radius 3 is 2.91 bits per heavy atom. The smallest absolute Gasteiger partial charge is 0.272 e. The highest BCUT2D eigenvalue weighted by molar-refractivity contribution is 5.95. The zero-order chi connectivity index (χ0) is 15.8. The zero-order valence-corrected chi connectivity index (χ0v) is 13.1. The number of benzene rings is 1. The molecule has 0 aliphatic carbocycles. The maximum Gasteiger partial charge on any atom is 0.272 e. The molecule has 23 heavy (non-hydrogen) atoms. The summed E-state index contributed by atoms with van der Waals surface area (Å²) in [4.78, 5) is 14.7. The van der Waals surface area contributed by atoms with Crippen molar-refractivity contribution in [2.75, 3.05) is 26.2 Å². The molecular formula is C17H20N4O2. The number of nitrogens with zero attached hydrogens (tertiary/aromatic N) is 2. The molecule has 0 radical (unpaired) electrons. The van der Waals surface area contributed by atoms with Crippen LogP contribution in [0.3, 0.4) is 0 Å². The first-order valence-corrected chi connectivity index (χ1v) is 7.98. The van der Waals surface area contributed by atoms with Gasteiger partial charge in [0.1, 0.15) is 5.69 Å². The van der Waals surface area contributed by atoms with Crippen molar-refractivity contribution in [1.29, 1.82) is 0 Å². The number of carbonyl (C=O) groups excluding carboxylic acids is 1. The topological polar surface area (TPSA) is 70.2 Å². The normalized spacial score (nSPS) is 23.8. The highest BCUT2D eigenvalue weighted by Gasteiger charge is 2.38. The Balaban J connectivity index is 1.57. The molecule has 2 aromatic rings. The van der Waals surface area contributed by atoms with Crippen molar-refractivity contribution in [2.45, 2.75) is 19.1 Å². The second-order valence-corrected chi connectivity index (χ2v) is 6.12. The van der Waals surface area contributed by atoms with Gasteiger partial charge in [0.05, 0.1) is 24.4 Å². The summed E-state index contributed by atoms with van der Waals surface area (Å²) in [6.45, 7) is 4.82. The van der Waals surface area contributed by atoms with Gasteiger partial charge in [-0.1, -0.05) is 30.3 Å². The molecule has 0 spiro atoms. The summed E-state index contributed by atoms with van der Waals surface area (Å²) in [6.07, 6.45) is 0.101. The maximum absolute atomic E-state index is 12.8. The number of aromatic amines is 1. The van der Waals surface area contributed by atoms with Crippen LogP contribution >= 0.6 is 0 Å². The standard InChI is InChI=1S/C17H20N4O2/c1-11-15(12-5-3-2-4-6-12)19-20-16(11)17(22)21-9-13-14(10-21)23-8-7-18-13/h2-6,13-14,18H,7-10H2,1H3,(H,19,20)/t13-,14-/m0/s1. The van der Waals surface area contributed by atoms with Crippen molar-refractivity contribution in [2.24, 2.45) is 0 Å². The van der Waals surface area contributed by atoms with E-state index in [2.05, 4.69) is 15.5 Å². The van der Waals surface area contributed by atoms with Crippen LogP contribution in [0.4, 0.5) is 0 Å². The van der Waals surface area contributed by atoms with Gasteiger partial charge in [-0.3, -0.25) is 9.89 Å². The Morgan fingerprint density at radius 1 is 1.30 bits per heavy atom. The van der Waals surface area contributed by atoms with Crippen molar-refractivity contribution in [3.63, 3.8) is 0 Å². The number of carbonyl (C=O) groups is 1. The van der Waals surface area contributed by atoms with E-state index >= 15 is 0 Å². The third kappa shape index (κ3) is 2.54. The molecule has 6 nitrogen and oxygen atoms in total. The van der Waals surface area contributed by atoms with Gasteiger partial charge < -0.3 is 15.0 Å². The van der Waals surface area contributed by atoms with E-state index in [1.54, 1.807) is 0 Å². The minimum absolute atomic E-state index is 0.00280. The summed E-state index contributed by atoms with van der Waals surface area (Å²) >= 11 is 0. The number of morpholine rings is 1. The summed E-state index contributed by atoms with van der Waals surface area (Å²) in [5.74, 6) is -0.00280.